The molecule has 0 spiro atoms. The maximum atomic E-state index is 12.3. The number of carbonyl (C=O) groups excluding carboxylic acids is 1. The molecule has 1 aromatic rings. The highest BCUT2D eigenvalue weighted by Gasteiger charge is 2.43. The summed E-state index contributed by atoms with van der Waals surface area (Å²) in [6.07, 6.45) is 11.0. The molecule has 2 atom stereocenters. The average molecular weight is 286 g/mol. The van der Waals surface area contributed by atoms with Crippen molar-refractivity contribution in [3.05, 3.63) is 37.2 Å². The van der Waals surface area contributed by atoms with Gasteiger partial charge in [0.2, 0.25) is 5.91 Å². The van der Waals surface area contributed by atoms with Gasteiger partial charge in [-0.2, -0.15) is 0 Å². The Kier molecular flexibility index (Phi) is 4.23. The molecular formula is C17H22N2O2. The zero-order valence-electron chi connectivity index (χ0n) is 12.3. The number of fused-ring (bicyclic) bond motifs is 2. The average Bonchev–Trinajstić information content (AvgIpc) is 2.77. The van der Waals surface area contributed by atoms with Crippen molar-refractivity contribution in [3.63, 3.8) is 0 Å². The number of hydrogen-bond acceptors (Lipinski definition) is 3. The smallest absolute Gasteiger partial charge is 0.223 e. The molecule has 0 radical (unpaired) electrons. The SMILES string of the molecule is C=CCCC(=O)N1C2CCC1CC(Oc1ccncc1)C2. The summed E-state index contributed by atoms with van der Waals surface area (Å²) in [5.74, 6) is 1.16. The third-order valence-corrected chi connectivity index (χ3v) is 4.49. The van der Waals surface area contributed by atoms with Crippen LogP contribution in [0.1, 0.15) is 38.5 Å². The lowest BCUT2D eigenvalue weighted by Gasteiger charge is -2.39. The second kappa shape index (κ2) is 6.29. The van der Waals surface area contributed by atoms with Crippen LogP contribution >= 0.6 is 0 Å². The van der Waals surface area contributed by atoms with Crippen LogP contribution in [-0.4, -0.2) is 34.0 Å². The van der Waals surface area contributed by atoms with E-state index in [2.05, 4.69) is 16.5 Å². The van der Waals surface area contributed by atoms with Crippen molar-refractivity contribution in [1.82, 2.24) is 9.88 Å². The molecule has 2 aliphatic rings. The molecule has 2 unspecified atom stereocenters. The first kappa shape index (κ1) is 14.1. The van der Waals surface area contributed by atoms with Crippen LogP contribution in [0, 0.1) is 0 Å². The number of amides is 1. The molecule has 2 aliphatic heterocycles. The number of pyridine rings is 1. The number of allylic oxidation sites excluding steroid dienone is 1. The van der Waals surface area contributed by atoms with Crippen LogP contribution in [0.2, 0.25) is 0 Å². The molecule has 21 heavy (non-hydrogen) atoms. The molecule has 2 saturated heterocycles. The van der Waals surface area contributed by atoms with Gasteiger partial charge in [0, 0.05) is 43.7 Å². The Hall–Kier alpha value is -1.84. The molecule has 3 rings (SSSR count). The van der Waals surface area contributed by atoms with E-state index in [0.717, 1.165) is 37.9 Å². The zero-order valence-corrected chi connectivity index (χ0v) is 12.3. The van der Waals surface area contributed by atoms with Gasteiger partial charge in [-0.25, -0.2) is 0 Å². The summed E-state index contributed by atoms with van der Waals surface area (Å²) in [6, 6.07) is 4.49. The normalized spacial score (nSPS) is 27.4. The maximum Gasteiger partial charge on any atom is 0.223 e. The summed E-state index contributed by atoms with van der Waals surface area (Å²) >= 11 is 0. The predicted octanol–water partition coefficient (Wildman–Crippen LogP) is 2.95. The van der Waals surface area contributed by atoms with Gasteiger partial charge < -0.3 is 9.64 Å². The summed E-state index contributed by atoms with van der Waals surface area (Å²) in [4.78, 5) is 18.4. The fourth-order valence-electron chi connectivity index (χ4n) is 3.59. The summed E-state index contributed by atoms with van der Waals surface area (Å²) in [6.45, 7) is 3.69. The van der Waals surface area contributed by atoms with Gasteiger partial charge in [-0.1, -0.05) is 6.08 Å². The Balaban J connectivity index is 1.61. The van der Waals surface area contributed by atoms with E-state index < -0.39 is 0 Å². The van der Waals surface area contributed by atoms with E-state index in [4.69, 9.17) is 4.74 Å². The third-order valence-electron chi connectivity index (χ3n) is 4.49. The third kappa shape index (κ3) is 3.09. The van der Waals surface area contributed by atoms with E-state index in [1.54, 1.807) is 12.4 Å². The van der Waals surface area contributed by atoms with Crippen LogP contribution in [0.3, 0.4) is 0 Å². The van der Waals surface area contributed by atoms with E-state index in [0.29, 0.717) is 18.5 Å². The molecule has 0 saturated carbocycles. The molecule has 4 nitrogen and oxygen atoms in total. The van der Waals surface area contributed by atoms with Gasteiger partial charge in [0.1, 0.15) is 11.9 Å². The number of carbonyl (C=O) groups is 1. The molecule has 1 amide bonds. The van der Waals surface area contributed by atoms with Crippen molar-refractivity contribution in [2.45, 2.75) is 56.7 Å². The van der Waals surface area contributed by atoms with Crippen molar-refractivity contribution in [2.24, 2.45) is 0 Å². The molecule has 0 N–H and O–H groups in total. The van der Waals surface area contributed by atoms with Crippen LogP contribution in [0.4, 0.5) is 0 Å². The summed E-state index contributed by atoms with van der Waals surface area (Å²) in [5.41, 5.74) is 0. The van der Waals surface area contributed by atoms with Gasteiger partial charge in [-0.15, -0.1) is 6.58 Å². The Bertz CT molecular complexity index is 489. The number of nitrogens with zero attached hydrogens (tertiary/aromatic N) is 2. The van der Waals surface area contributed by atoms with E-state index in [9.17, 15) is 4.79 Å². The fourth-order valence-corrected chi connectivity index (χ4v) is 3.59. The van der Waals surface area contributed by atoms with Crippen LogP contribution in [-0.2, 0) is 4.79 Å². The van der Waals surface area contributed by atoms with Crippen LogP contribution in [0.25, 0.3) is 0 Å². The first-order valence-corrected chi connectivity index (χ1v) is 7.76. The minimum Gasteiger partial charge on any atom is -0.490 e. The topological polar surface area (TPSA) is 42.4 Å². The molecule has 112 valence electrons. The van der Waals surface area contributed by atoms with Crippen LogP contribution in [0.15, 0.2) is 37.2 Å². The van der Waals surface area contributed by atoms with Crippen molar-refractivity contribution in [3.8, 4) is 5.75 Å². The van der Waals surface area contributed by atoms with Crippen molar-refractivity contribution < 1.29 is 9.53 Å². The van der Waals surface area contributed by atoms with Gasteiger partial charge >= 0.3 is 0 Å². The summed E-state index contributed by atoms with van der Waals surface area (Å²) in [7, 11) is 0. The fraction of sp³-hybridized carbons (Fsp3) is 0.529. The Morgan fingerprint density at radius 2 is 2.00 bits per heavy atom. The van der Waals surface area contributed by atoms with Crippen molar-refractivity contribution in [2.75, 3.05) is 0 Å². The van der Waals surface area contributed by atoms with Gasteiger partial charge in [0.05, 0.1) is 0 Å². The standard InChI is InChI=1S/C17H22N2O2/c1-2-3-4-17(20)19-13-5-6-14(19)12-16(11-13)21-15-7-9-18-10-8-15/h2,7-10,13-14,16H,1,3-6,11-12H2. The largest absolute Gasteiger partial charge is 0.490 e. The van der Waals surface area contributed by atoms with Crippen LogP contribution in [0.5, 0.6) is 5.75 Å². The molecule has 3 heterocycles. The molecular weight excluding hydrogens is 264 g/mol. The Labute approximate surface area is 125 Å². The summed E-state index contributed by atoms with van der Waals surface area (Å²) in [5, 5.41) is 0. The molecule has 0 aromatic carbocycles. The van der Waals surface area contributed by atoms with Crippen molar-refractivity contribution in [1.29, 1.82) is 0 Å². The number of piperidine rings is 1. The highest BCUT2D eigenvalue weighted by atomic mass is 16.5. The second-order valence-corrected chi connectivity index (χ2v) is 5.91. The van der Waals surface area contributed by atoms with Crippen molar-refractivity contribution >= 4 is 5.91 Å². The number of aromatic nitrogens is 1. The molecule has 4 heteroatoms. The number of hydrogen-bond donors (Lipinski definition) is 0. The van der Waals surface area contributed by atoms with E-state index in [-0.39, 0.29) is 12.0 Å². The predicted molar refractivity (Wildman–Crippen MR) is 81.0 cm³/mol. The lowest BCUT2D eigenvalue weighted by molar-refractivity contribution is -0.137. The lowest BCUT2D eigenvalue weighted by Crippen LogP contribution is -2.49. The number of ether oxygens (including phenoxy) is 1. The molecule has 0 aliphatic carbocycles. The second-order valence-electron chi connectivity index (χ2n) is 5.91. The minimum absolute atomic E-state index is 0.216. The molecule has 2 fully saturated rings. The van der Waals surface area contributed by atoms with Gasteiger partial charge in [-0.05, 0) is 31.4 Å². The Morgan fingerprint density at radius 1 is 1.33 bits per heavy atom. The lowest BCUT2D eigenvalue weighted by atomic mass is 9.99. The van der Waals surface area contributed by atoms with Gasteiger partial charge in [0.15, 0.2) is 0 Å². The molecule has 2 bridgehead atoms. The quantitative estimate of drug-likeness (QED) is 0.782. The van der Waals surface area contributed by atoms with E-state index in [1.165, 1.54) is 0 Å². The highest BCUT2D eigenvalue weighted by Crippen LogP contribution is 2.37. The molecule has 1 aromatic heterocycles. The van der Waals surface area contributed by atoms with E-state index in [1.807, 2.05) is 18.2 Å². The summed E-state index contributed by atoms with van der Waals surface area (Å²) < 4.78 is 6.05. The highest BCUT2D eigenvalue weighted by molar-refractivity contribution is 5.77. The zero-order chi connectivity index (χ0) is 14.7. The number of rotatable bonds is 5. The first-order valence-electron chi connectivity index (χ1n) is 7.76. The van der Waals surface area contributed by atoms with Crippen LogP contribution < -0.4 is 4.74 Å². The Morgan fingerprint density at radius 3 is 2.62 bits per heavy atom. The van der Waals surface area contributed by atoms with Gasteiger partial charge in [-0.3, -0.25) is 9.78 Å². The first-order chi connectivity index (χ1) is 10.3. The maximum absolute atomic E-state index is 12.3. The monoisotopic (exact) mass is 286 g/mol. The van der Waals surface area contributed by atoms with E-state index >= 15 is 0 Å². The minimum atomic E-state index is 0.216. The van der Waals surface area contributed by atoms with Gasteiger partial charge in [0.25, 0.3) is 0 Å².